The van der Waals surface area contributed by atoms with Gasteiger partial charge in [0.15, 0.2) is 0 Å². The average molecular weight is 251 g/mol. The lowest BCUT2D eigenvalue weighted by Crippen LogP contribution is -1.89. The highest BCUT2D eigenvalue weighted by atomic mass is 35.5. The van der Waals surface area contributed by atoms with Gasteiger partial charge >= 0.3 is 0 Å². The zero-order chi connectivity index (χ0) is 10.6. The van der Waals surface area contributed by atoms with Gasteiger partial charge < -0.3 is 0 Å². The Morgan fingerprint density at radius 1 is 1.36 bits per heavy atom. The van der Waals surface area contributed by atoms with Gasteiger partial charge in [0.2, 0.25) is 6.19 Å². The smallest absolute Gasteiger partial charge is 0.170 e. The molecule has 0 aromatic rings. The molecule has 0 aliphatic rings. The highest BCUT2D eigenvalue weighted by molar-refractivity contribution is 8.39. The topological polar surface area (TPSA) is 36.1 Å². The molecule has 5 heteroatoms. The lowest BCUT2D eigenvalue weighted by atomic mass is 10.2. The molecule has 2 nitrogen and oxygen atoms in total. The number of nitrogens with zero attached hydrogens (tertiary/aromatic N) is 2. The molecule has 0 spiro atoms. The largest absolute Gasteiger partial charge is 0.207 e. The van der Waals surface area contributed by atoms with E-state index in [1.165, 1.54) is 37.4 Å². The Kier molecular flexibility index (Phi) is 11.3. The second kappa shape index (κ2) is 11.2. The molecule has 0 aliphatic heterocycles. The van der Waals surface area contributed by atoms with Crippen LogP contribution in [0, 0.1) is 11.5 Å². The number of thioether (sulfide) groups is 2. The Morgan fingerprint density at radius 2 is 2.14 bits per heavy atom. The molecule has 80 valence electrons. The average Bonchev–Trinajstić information content (AvgIpc) is 2.18. The number of alkyl halides is 1. The normalized spacial score (nSPS) is 11.4. The van der Waals surface area contributed by atoms with E-state index in [-0.39, 0.29) is 0 Å². The van der Waals surface area contributed by atoms with Crippen LogP contribution in [-0.4, -0.2) is 15.3 Å². The van der Waals surface area contributed by atoms with Crippen molar-refractivity contribution in [3.63, 3.8) is 0 Å². The maximum absolute atomic E-state index is 8.40. The molecule has 0 bridgehead atoms. The van der Waals surface area contributed by atoms with E-state index in [2.05, 4.69) is 11.9 Å². The van der Waals surface area contributed by atoms with Crippen LogP contribution in [0.3, 0.4) is 0 Å². The molecule has 0 radical (unpaired) electrons. The molecule has 0 aliphatic carbocycles. The highest BCUT2D eigenvalue weighted by Crippen LogP contribution is 2.19. The van der Waals surface area contributed by atoms with Crippen molar-refractivity contribution in [2.45, 2.75) is 32.6 Å². The van der Waals surface area contributed by atoms with E-state index in [9.17, 15) is 0 Å². The second-order valence-electron chi connectivity index (χ2n) is 2.64. The van der Waals surface area contributed by atoms with Gasteiger partial charge in [-0.3, -0.25) is 0 Å². The van der Waals surface area contributed by atoms with E-state index < -0.39 is 0 Å². The lowest BCUT2D eigenvalue weighted by molar-refractivity contribution is 0.707. The van der Waals surface area contributed by atoms with Gasteiger partial charge in [-0.25, -0.2) is 0 Å². The molecule has 0 fully saturated rings. The number of aliphatic imine (C=N–C) groups is 1. The van der Waals surface area contributed by atoms with Crippen molar-refractivity contribution in [3.8, 4) is 6.19 Å². The van der Waals surface area contributed by atoms with Crippen LogP contribution in [0.15, 0.2) is 4.99 Å². The summed E-state index contributed by atoms with van der Waals surface area (Å²) in [6.45, 7) is 2.19. The third-order valence-corrected chi connectivity index (χ3v) is 3.86. The number of unbranched alkanes of at least 4 members (excludes halogenated alkanes) is 3. The minimum atomic E-state index is 0.461. The molecule has 0 aromatic carbocycles. The number of nitriles is 1. The van der Waals surface area contributed by atoms with Gasteiger partial charge in [-0.1, -0.05) is 49.7 Å². The second-order valence-corrected chi connectivity index (χ2v) is 5.53. The Labute approximate surface area is 99.5 Å². The summed E-state index contributed by atoms with van der Waals surface area (Å²) in [7, 11) is 0. The number of rotatable bonds is 6. The molecule has 0 N–H and O–H groups in total. The van der Waals surface area contributed by atoms with Gasteiger partial charge in [0.1, 0.15) is 4.38 Å². The summed E-state index contributed by atoms with van der Waals surface area (Å²) in [5.74, 6) is 1.03. The van der Waals surface area contributed by atoms with Crippen LogP contribution in [0.5, 0.6) is 0 Å². The quantitative estimate of drug-likeness (QED) is 0.234. The van der Waals surface area contributed by atoms with Crippen molar-refractivity contribution in [1.29, 1.82) is 5.26 Å². The maximum Gasteiger partial charge on any atom is 0.207 e. The van der Waals surface area contributed by atoms with Crippen molar-refractivity contribution in [1.82, 2.24) is 0 Å². The molecule has 0 saturated heterocycles. The zero-order valence-corrected chi connectivity index (χ0v) is 10.7. The van der Waals surface area contributed by atoms with E-state index in [1.807, 2.05) is 0 Å². The summed E-state index contributed by atoms with van der Waals surface area (Å²) in [5.41, 5.74) is 0. The van der Waals surface area contributed by atoms with Crippen LogP contribution >= 0.6 is 35.1 Å². The standard InChI is InChI=1S/C9H15ClN2S2/c1-2-3-4-5-6-13-9(12-8-11)14-7-10/h2-7H2,1H3. The predicted octanol–water partition coefficient (Wildman–Crippen LogP) is 4.07. The first kappa shape index (κ1) is 14.2. The third kappa shape index (κ3) is 8.74. The van der Waals surface area contributed by atoms with Crippen LogP contribution in [0.1, 0.15) is 32.6 Å². The molecule has 0 saturated carbocycles. The van der Waals surface area contributed by atoms with Crippen LogP contribution in [0.25, 0.3) is 0 Å². The minimum Gasteiger partial charge on any atom is -0.170 e. The van der Waals surface area contributed by atoms with Gasteiger partial charge in [-0.05, 0) is 6.42 Å². The Hall–Kier alpha value is 0.150. The van der Waals surface area contributed by atoms with Crippen LogP contribution in [0.2, 0.25) is 0 Å². The molecule has 0 heterocycles. The fourth-order valence-corrected chi connectivity index (χ4v) is 2.97. The number of hydrogen-bond donors (Lipinski definition) is 0. The van der Waals surface area contributed by atoms with Crippen LogP contribution < -0.4 is 0 Å². The fourth-order valence-electron chi connectivity index (χ4n) is 0.882. The van der Waals surface area contributed by atoms with Crippen LogP contribution in [0.4, 0.5) is 0 Å². The van der Waals surface area contributed by atoms with Gasteiger partial charge in [-0.2, -0.15) is 10.3 Å². The zero-order valence-electron chi connectivity index (χ0n) is 8.33. The molecular formula is C9H15ClN2S2. The molecule has 0 amide bonds. The van der Waals surface area contributed by atoms with E-state index in [1.54, 1.807) is 18.0 Å². The molecular weight excluding hydrogens is 236 g/mol. The Bertz CT molecular complexity index is 201. The van der Waals surface area contributed by atoms with Crippen molar-refractivity contribution >= 4 is 39.5 Å². The van der Waals surface area contributed by atoms with Crippen molar-refractivity contribution in [2.24, 2.45) is 4.99 Å². The van der Waals surface area contributed by atoms with Gasteiger partial charge in [0.05, 0.1) is 5.21 Å². The Morgan fingerprint density at radius 3 is 2.71 bits per heavy atom. The summed E-state index contributed by atoms with van der Waals surface area (Å²) in [5, 5.41) is 8.86. The first-order chi connectivity index (χ1) is 6.85. The summed E-state index contributed by atoms with van der Waals surface area (Å²) in [6, 6.07) is 0. The van der Waals surface area contributed by atoms with Gasteiger partial charge in [0, 0.05) is 5.75 Å². The summed E-state index contributed by atoms with van der Waals surface area (Å²) in [6.07, 6.45) is 6.77. The molecule has 14 heavy (non-hydrogen) atoms. The highest BCUT2D eigenvalue weighted by Gasteiger charge is 2.00. The van der Waals surface area contributed by atoms with E-state index in [0.29, 0.717) is 5.21 Å². The molecule has 0 rings (SSSR count). The van der Waals surface area contributed by atoms with E-state index in [4.69, 9.17) is 16.9 Å². The summed E-state index contributed by atoms with van der Waals surface area (Å²) in [4.78, 5) is 3.70. The minimum absolute atomic E-state index is 0.461. The summed E-state index contributed by atoms with van der Waals surface area (Å²) < 4.78 is 0.791. The van der Waals surface area contributed by atoms with Gasteiger partial charge in [0.25, 0.3) is 0 Å². The first-order valence-electron chi connectivity index (χ1n) is 4.63. The van der Waals surface area contributed by atoms with Gasteiger partial charge in [-0.15, -0.1) is 11.6 Å². The summed E-state index contributed by atoms with van der Waals surface area (Å²) >= 11 is 8.60. The lowest BCUT2D eigenvalue weighted by Gasteiger charge is -2.01. The van der Waals surface area contributed by atoms with Crippen LogP contribution in [-0.2, 0) is 0 Å². The maximum atomic E-state index is 8.40. The molecule has 0 atom stereocenters. The monoisotopic (exact) mass is 250 g/mol. The molecule has 0 aromatic heterocycles. The number of hydrogen-bond acceptors (Lipinski definition) is 4. The number of halogens is 1. The van der Waals surface area contributed by atoms with Crippen molar-refractivity contribution in [3.05, 3.63) is 0 Å². The van der Waals surface area contributed by atoms with E-state index in [0.717, 1.165) is 10.1 Å². The van der Waals surface area contributed by atoms with Crippen molar-refractivity contribution < 1.29 is 0 Å². The Balaban J connectivity index is 3.52. The van der Waals surface area contributed by atoms with Crippen molar-refractivity contribution in [2.75, 3.05) is 11.0 Å². The first-order valence-corrected chi connectivity index (χ1v) is 7.14. The SMILES string of the molecule is CCCCCCSC(=NC#N)SCCl. The fraction of sp³-hybridized carbons (Fsp3) is 0.778. The predicted molar refractivity (Wildman–Crippen MR) is 68.0 cm³/mol. The molecule has 0 unspecified atom stereocenters. The van der Waals surface area contributed by atoms with E-state index >= 15 is 0 Å². The third-order valence-electron chi connectivity index (χ3n) is 1.54.